The predicted molar refractivity (Wildman–Crippen MR) is 60.1 cm³/mol. The van der Waals surface area contributed by atoms with E-state index >= 15 is 0 Å². The molecule has 0 saturated heterocycles. The summed E-state index contributed by atoms with van der Waals surface area (Å²) in [7, 11) is 3.33. The van der Waals surface area contributed by atoms with E-state index in [4.69, 9.17) is 9.47 Å². The van der Waals surface area contributed by atoms with Crippen LogP contribution in [0.2, 0.25) is 0 Å². The molecule has 4 nitrogen and oxygen atoms in total. The number of ether oxygens (including phenoxy) is 2. The molecule has 2 aliphatic rings. The summed E-state index contributed by atoms with van der Waals surface area (Å²) in [6, 6.07) is 0.175. The lowest BCUT2D eigenvalue weighted by atomic mass is 10.1. The van der Waals surface area contributed by atoms with Crippen molar-refractivity contribution in [1.82, 2.24) is 5.32 Å². The molecule has 1 N–H and O–H groups in total. The van der Waals surface area contributed by atoms with Gasteiger partial charge >= 0.3 is 0 Å². The van der Waals surface area contributed by atoms with E-state index in [9.17, 15) is 4.79 Å². The second-order valence-electron chi connectivity index (χ2n) is 4.81. The van der Waals surface area contributed by atoms with Crippen LogP contribution in [0.5, 0.6) is 0 Å². The molecule has 0 aromatic heterocycles. The molecular formula is C12H21NO3. The first-order chi connectivity index (χ1) is 7.76. The Labute approximate surface area is 96.7 Å². The van der Waals surface area contributed by atoms with Crippen LogP contribution in [0.1, 0.15) is 32.1 Å². The smallest absolute Gasteiger partial charge is 0.249 e. The summed E-state index contributed by atoms with van der Waals surface area (Å²) in [5, 5.41) is 3.06. The van der Waals surface area contributed by atoms with E-state index in [1.165, 1.54) is 0 Å². The average Bonchev–Trinajstić information content (AvgIpc) is 3.00. The topological polar surface area (TPSA) is 47.6 Å². The van der Waals surface area contributed by atoms with Gasteiger partial charge in [0.2, 0.25) is 5.91 Å². The first-order valence-corrected chi connectivity index (χ1v) is 6.12. The normalized spacial score (nSPS) is 31.4. The Morgan fingerprint density at radius 1 is 1.25 bits per heavy atom. The number of carbonyl (C=O) groups excluding carboxylic acids is 1. The zero-order chi connectivity index (χ0) is 11.5. The van der Waals surface area contributed by atoms with Gasteiger partial charge in [0.1, 0.15) is 6.10 Å². The van der Waals surface area contributed by atoms with E-state index in [0.29, 0.717) is 5.92 Å². The lowest BCUT2D eigenvalue weighted by molar-refractivity contribution is -0.133. The van der Waals surface area contributed by atoms with Crippen molar-refractivity contribution < 1.29 is 14.3 Å². The number of carbonyl (C=O) groups is 1. The molecule has 0 unspecified atom stereocenters. The highest BCUT2D eigenvalue weighted by atomic mass is 16.5. The fourth-order valence-corrected chi connectivity index (χ4v) is 2.55. The minimum Gasteiger partial charge on any atom is -0.379 e. The van der Waals surface area contributed by atoms with Gasteiger partial charge < -0.3 is 14.8 Å². The quantitative estimate of drug-likeness (QED) is 0.765. The molecule has 0 aromatic rings. The van der Waals surface area contributed by atoms with Crippen LogP contribution < -0.4 is 5.32 Å². The van der Waals surface area contributed by atoms with Gasteiger partial charge in [-0.3, -0.25) is 4.79 Å². The fraction of sp³-hybridized carbons (Fsp3) is 0.917. The van der Waals surface area contributed by atoms with Crippen LogP contribution in [-0.4, -0.2) is 38.4 Å². The molecule has 0 heterocycles. The monoisotopic (exact) mass is 227 g/mol. The number of nitrogens with one attached hydrogen (secondary N) is 1. The summed E-state index contributed by atoms with van der Waals surface area (Å²) < 4.78 is 10.6. The lowest BCUT2D eigenvalue weighted by Crippen LogP contribution is -2.46. The van der Waals surface area contributed by atoms with Gasteiger partial charge in [-0.05, 0) is 38.0 Å². The van der Waals surface area contributed by atoms with Crippen LogP contribution in [0.25, 0.3) is 0 Å². The molecule has 3 atom stereocenters. The summed E-state index contributed by atoms with van der Waals surface area (Å²) in [5.41, 5.74) is 0. The first kappa shape index (κ1) is 11.9. The maximum atomic E-state index is 12.0. The van der Waals surface area contributed by atoms with E-state index < -0.39 is 0 Å². The summed E-state index contributed by atoms with van der Waals surface area (Å²) in [5.74, 6) is 0.478. The van der Waals surface area contributed by atoms with Crippen molar-refractivity contribution in [3.05, 3.63) is 0 Å². The van der Waals surface area contributed by atoms with Gasteiger partial charge in [-0.25, -0.2) is 0 Å². The predicted octanol–water partition coefficient (Wildman–Crippen LogP) is 1.10. The second kappa shape index (κ2) is 5.15. The van der Waals surface area contributed by atoms with Crippen LogP contribution in [-0.2, 0) is 14.3 Å². The lowest BCUT2D eigenvalue weighted by Gasteiger charge is -2.22. The molecule has 2 aliphatic carbocycles. The number of hydrogen-bond acceptors (Lipinski definition) is 3. The maximum Gasteiger partial charge on any atom is 0.249 e. The number of methoxy groups -OCH3 is 2. The third kappa shape index (κ3) is 2.55. The van der Waals surface area contributed by atoms with Gasteiger partial charge in [0.25, 0.3) is 0 Å². The molecule has 2 saturated carbocycles. The minimum absolute atomic E-state index is 0.0407. The van der Waals surface area contributed by atoms with Crippen molar-refractivity contribution in [2.24, 2.45) is 5.92 Å². The Kier molecular flexibility index (Phi) is 3.82. The molecular weight excluding hydrogens is 206 g/mol. The van der Waals surface area contributed by atoms with Crippen LogP contribution in [0, 0.1) is 5.92 Å². The van der Waals surface area contributed by atoms with Crippen molar-refractivity contribution in [1.29, 1.82) is 0 Å². The Hall–Kier alpha value is -0.610. The Morgan fingerprint density at radius 3 is 2.56 bits per heavy atom. The van der Waals surface area contributed by atoms with Crippen LogP contribution >= 0.6 is 0 Å². The molecule has 0 aromatic carbocycles. The third-order valence-electron chi connectivity index (χ3n) is 3.65. The zero-order valence-electron chi connectivity index (χ0n) is 10.1. The first-order valence-electron chi connectivity index (χ1n) is 6.12. The largest absolute Gasteiger partial charge is 0.379 e. The average molecular weight is 227 g/mol. The van der Waals surface area contributed by atoms with Crippen molar-refractivity contribution in [2.75, 3.05) is 14.2 Å². The van der Waals surface area contributed by atoms with E-state index in [0.717, 1.165) is 32.1 Å². The molecule has 0 spiro atoms. The molecule has 4 heteroatoms. The van der Waals surface area contributed by atoms with Gasteiger partial charge in [-0.15, -0.1) is 0 Å². The van der Waals surface area contributed by atoms with Crippen LogP contribution in [0.4, 0.5) is 0 Å². The van der Waals surface area contributed by atoms with Crippen LogP contribution in [0.15, 0.2) is 0 Å². The minimum atomic E-state index is -0.252. The molecule has 92 valence electrons. The summed E-state index contributed by atoms with van der Waals surface area (Å²) >= 11 is 0. The summed E-state index contributed by atoms with van der Waals surface area (Å²) in [6.07, 6.45) is 5.35. The number of hydrogen-bond donors (Lipinski definition) is 1. The molecule has 2 rings (SSSR count). The third-order valence-corrected chi connectivity index (χ3v) is 3.65. The van der Waals surface area contributed by atoms with Crippen molar-refractivity contribution in [3.63, 3.8) is 0 Å². The molecule has 2 fully saturated rings. The van der Waals surface area contributed by atoms with E-state index in [-0.39, 0.29) is 24.2 Å². The highest BCUT2D eigenvalue weighted by molar-refractivity contribution is 5.81. The zero-order valence-corrected chi connectivity index (χ0v) is 10.1. The highest BCUT2D eigenvalue weighted by Crippen LogP contribution is 2.34. The molecule has 1 amide bonds. The standard InChI is InChI=1S/C12H21NO3/c1-15-10-5-3-4-9(10)13-12(14)11(16-2)8-6-7-8/h8-11H,3-7H2,1-2H3,(H,13,14)/t9-,10-,11-/m1/s1. The van der Waals surface area contributed by atoms with Gasteiger partial charge in [0.15, 0.2) is 0 Å². The SMILES string of the molecule is CO[C@@H](C(=O)N[C@@H]1CCC[C@H]1OC)C1CC1. The molecule has 0 aliphatic heterocycles. The van der Waals surface area contributed by atoms with E-state index in [1.807, 2.05) is 0 Å². The van der Waals surface area contributed by atoms with Gasteiger partial charge in [0.05, 0.1) is 12.1 Å². The summed E-state index contributed by atoms with van der Waals surface area (Å²) in [4.78, 5) is 12.0. The van der Waals surface area contributed by atoms with Crippen LogP contribution in [0.3, 0.4) is 0 Å². The number of amides is 1. The number of rotatable bonds is 5. The van der Waals surface area contributed by atoms with Crippen molar-refractivity contribution in [2.45, 2.75) is 50.4 Å². The summed E-state index contributed by atoms with van der Waals surface area (Å²) in [6.45, 7) is 0. The van der Waals surface area contributed by atoms with Gasteiger partial charge in [-0.1, -0.05) is 0 Å². The Morgan fingerprint density at radius 2 is 2.00 bits per heavy atom. The van der Waals surface area contributed by atoms with Gasteiger partial charge in [0, 0.05) is 14.2 Å². The fourth-order valence-electron chi connectivity index (χ4n) is 2.55. The highest BCUT2D eigenvalue weighted by Gasteiger charge is 2.38. The van der Waals surface area contributed by atoms with E-state index in [1.54, 1.807) is 14.2 Å². The molecule has 16 heavy (non-hydrogen) atoms. The second-order valence-corrected chi connectivity index (χ2v) is 4.81. The van der Waals surface area contributed by atoms with Gasteiger partial charge in [-0.2, -0.15) is 0 Å². The van der Waals surface area contributed by atoms with Crippen molar-refractivity contribution in [3.8, 4) is 0 Å². The maximum absolute atomic E-state index is 12.0. The Bertz CT molecular complexity index is 253. The van der Waals surface area contributed by atoms with Crippen molar-refractivity contribution >= 4 is 5.91 Å². The molecule has 0 bridgehead atoms. The molecule has 0 radical (unpaired) electrons. The van der Waals surface area contributed by atoms with E-state index in [2.05, 4.69) is 5.32 Å². The Balaban J connectivity index is 1.85.